The molecule has 0 bridgehead atoms. The highest BCUT2D eigenvalue weighted by Gasteiger charge is 2.29. The molecule has 0 radical (unpaired) electrons. The first-order valence-electron chi connectivity index (χ1n) is 11.6. The number of nitrogens with one attached hydrogen (secondary N) is 1. The molecule has 11 heteroatoms. The van der Waals surface area contributed by atoms with Crippen LogP contribution in [-0.2, 0) is 14.2 Å². The maximum Gasteiger partial charge on any atom is 0.412 e. The van der Waals surface area contributed by atoms with Gasteiger partial charge in [-0.15, -0.1) is 0 Å². The lowest BCUT2D eigenvalue weighted by Crippen LogP contribution is -2.38. The highest BCUT2D eigenvalue weighted by atomic mass is 19.2. The molecule has 1 rings (SSSR count). The van der Waals surface area contributed by atoms with Crippen LogP contribution in [0.2, 0.25) is 0 Å². The molecular formula is C23H34F5NO5. The Balaban J connectivity index is 2.72. The minimum Gasteiger partial charge on any atom is -0.404 e. The van der Waals surface area contributed by atoms with E-state index in [4.69, 9.17) is 14.2 Å². The van der Waals surface area contributed by atoms with Crippen molar-refractivity contribution < 1.29 is 45.7 Å². The summed E-state index contributed by atoms with van der Waals surface area (Å²) in [5.41, 5.74) is 0. The average Bonchev–Trinajstić information content (AvgIpc) is 2.82. The van der Waals surface area contributed by atoms with Gasteiger partial charge >= 0.3 is 6.09 Å². The van der Waals surface area contributed by atoms with Gasteiger partial charge in [0, 0.05) is 19.8 Å². The maximum absolute atomic E-state index is 13.7. The van der Waals surface area contributed by atoms with E-state index in [1.165, 1.54) is 6.42 Å². The summed E-state index contributed by atoms with van der Waals surface area (Å²) in [5, 5.41) is 2.23. The van der Waals surface area contributed by atoms with E-state index in [1.54, 1.807) is 13.8 Å². The van der Waals surface area contributed by atoms with Gasteiger partial charge in [0.1, 0.15) is 0 Å². The van der Waals surface area contributed by atoms with Crippen LogP contribution in [0.4, 0.5) is 26.7 Å². The van der Waals surface area contributed by atoms with Crippen molar-refractivity contribution in [2.45, 2.75) is 84.7 Å². The number of hydrogen-bond acceptors (Lipinski definition) is 5. The molecule has 0 saturated heterocycles. The maximum atomic E-state index is 13.7. The van der Waals surface area contributed by atoms with E-state index in [0.717, 1.165) is 38.5 Å². The average molecular weight is 500 g/mol. The molecular weight excluding hydrogens is 465 g/mol. The van der Waals surface area contributed by atoms with Crippen LogP contribution in [0.1, 0.15) is 72.1 Å². The lowest BCUT2D eigenvalue weighted by atomic mass is 10.1. The van der Waals surface area contributed by atoms with Gasteiger partial charge in [0.05, 0.1) is 6.10 Å². The van der Waals surface area contributed by atoms with Crippen LogP contribution in [0.25, 0.3) is 0 Å². The zero-order valence-electron chi connectivity index (χ0n) is 19.9. The molecule has 0 fully saturated rings. The third kappa shape index (κ3) is 10.1. The topological polar surface area (TPSA) is 66.0 Å². The van der Waals surface area contributed by atoms with Gasteiger partial charge in [0.2, 0.25) is 34.8 Å². The Bertz CT molecular complexity index is 718. The van der Waals surface area contributed by atoms with Gasteiger partial charge in [-0.05, 0) is 20.3 Å². The molecule has 0 aliphatic carbocycles. The number of carbonyl (C=O) groups is 1. The van der Waals surface area contributed by atoms with Gasteiger partial charge in [-0.1, -0.05) is 51.9 Å². The summed E-state index contributed by atoms with van der Waals surface area (Å²) in [6.07, 6.45) is 5.87. The zero-order valence-corrected chi connectivity index (χ0v) is 19.9. The molecule has 0 heterocycles. The van der Waals surface area contributed by atoms with E-state index in [-0.39, 0.29) is 6.54 Å². The number of benzene rings is 1. The molecule has 0 spiro atoms. The molecule has 0 aliphatic rings. The van der Waals surface area contributed by atoms with Gasteiger partial charge in [0.15, 0.2) is 0 Å². The highest BCUT2D eigenvalue weighted by molar-refractivity contribution is 5.70. The summed E-state index contributed by atoms with van der Waals surface area (Å²) in [6.45, 7) is 5.10. The predicted octanol–water partition coefficient (Wildman–Crippen LogP) is 6.35. The number of halogens is 5. The molecule has 0 aliphatic heterocycles. The molecule has 1 N–H and O–H groups in total. The Morgan fingerprint density at radius 1 is 0.765 bits per heavy atom. The molecule has 1 aromatic rings. The molecule has 34 heavy (non-hydrogen) atoms. The summed E-state index contributed by atoms with van der Waals surface area (Å²) in [7, 11) is 0. The van der Waals surface area contributed by atoms with Gasteiger partial charge in [-0.25, -0.2) is 18.0 Å². The van der Waals surface area contributed by atoms with Crippen molar-refractivity contribution in [2.75, 3.05) is 19.8 Å². The molecule has 196 valence electrons. The molecule has 6 nitrogen and oxygen atoms in total. The fourth-order valence-electron chi connectivity index (χ4n) is 3.10. The SMILES string of the molecule is CCCCCCCCCC(CNC(=O)Oc1c(F)c(F)c(F)c(F)c1F)OC(OCC)OCC. The second-order valence-electron chi connectivity index (χ2n) is 7.54. The number of rotatable bonds is 17. The van der Waals surface area contributed by atoms with E-state index in [1.807, 2.05) is 0 Å². The van der Waals surface area contributed by atoms with E-state index < -0.39 is 53.5 Å². The minimum atomic E-state index is -2.34. The number of unbranched alkanes of at least 4 members (excludes halogenated alkanes) is 6. The first kappa shape index (κ1) is 30.1. The number of ether oxygens (including phenoxy) is 4. The summed E-state index contributed by atoms with van der Waals surface area (Å²) in [6, 6.07) is 0. The van der Waals surface area contributed by atoms with Gasteiger partial charge in [-0.2, -0.15) is 8.78 Å². The second-order valence-corrected chi connectivity index (χ2v) is 7.54. The molecule has 1 amide bonds. The van der Waals surface area contributed by atoms with Gasteiger partial charge in [-0.3, -0.25) is 0 Å². The Labute approximate surface area is 197 Å². The summed E-state index contributed by atoms with van der Waals surface area (Å²) >= 11 is 0. The zero-order chi connectivity index (χ0) is 25.5. The van der Waals surface area contributed by atoms with Crippen LogP contribution in [-0.4, -0.2) is 38.4 Å². The molecule has 1 atom stereocenters. The van der Waals surface area contributed by atoms with Crippen LogP contribution in [0, 0.1) is 29.1 Å². The smallest absolute Gasteiger partial charge is 0.404 e. The van der Waals surface area contributed by atoms with Crippen molar-refractivity contribution >= 4 is 6.09 Å². The summed E-state index contributed by atoms with van der Waals surface area (Å²) in [5.74, 6) is -12.9. The lowest BCUT2D eigenvalue weighted by molar-refractivity contribution is -0.301. The van der Waals surface area contributed by atoms with Crippen molar-refractivity contribution in [1.82, 2.24) is 5.32 Å². The fourth-order valence-corrected chi connectivity index (χ4v) is 3.10. The third-order valence-electron chi connectivity index (χ3n) is 4.88. The number of hydrogen-bond donors (Lipinski definition) is 1. The third-order valence-corrected chi connectivity index (χ3v) is 4.88. The molecule has 1 aromatic carbocycles. The van der Waals surface area contributed by atoms with Crippen molar-refractivity contribution in [1.29, 1.82) is 0 Å². The van der Waals surface area contributed by atoms with Crippen LogP contribution in [0.5, 0.6) is 5.75 Å². The summed E-state index contributed by atoms with van der Waals surface area (Å²) in [4.78, 5) is 12.0. The number of carbonyl (C=O) groups excluding carboxylic acids is 1. The van der Waals surface area contributed by atoms with Crippen LogP contribution in [0.15, 0.2) is 0 Å². The van der Waals surface area contributed by atoms with Crippen molar-refractivity contribution in [3.8, 4) is 5.75 Å². The van der Waals surface area contributed by atoms with Crippen LogP contribution < -0.4 is 10.1 Å². The van der Waals surface area contributed by atoms with E-state index in [2.05, 4.69) is 17.0 Å². The predicted molar refractivity (Wildman–Crippen MR) is 115 cm³/mol. The standard InChI is InChI=1S/C23H34F5NO5/c1-4-7-8-9-10-11-12-13-15(33-23(31-5-2)32-6-3)14-29-22(30)34-21-19(27)17(25)16(24)18(26)20(21)28/h15,23H,4-14H2,1-3H3,(H,29,30). The largest absolute Gasteiger partial charge is 0.412 e. The Hall–Kier alpha value is -1.98. The molecule has 0 saturated carbocycles. The van der Waals surface area contributed by atoms with Crippen LogP contribution in [0.3, 0.4) is 0 Å². The second kappa shape index (κ2) is 16.6. The summed E-state index contributed by atoms with van der Waals surface area (Å²) < 4.78 is 88.0. The minimum absolute atomic E-state index is 0.166. The van der Waals surface area contributed by atoms with Crippen molar-refractivity contribution in [3.63, 3.8) is 0 Å². The molecule has 0 aromatic heterocycles. The normalized spacial score (nSPS) is 12.3. The fraction of sp³-hybridized carbons (Fsp3) is 0.696. The quantitative estimate of drug-likeness (QED) is 0.0889. The van der Waals surface area contributed by atoms with Crippen molar-refractivity contribution in [3.05, 3.63) is 29.1 Å². The van der Waals surface area contributed by atoms with E-state index >= 15 is 0 Å². The Morgan fingerprint density at radius 2 is 1.26 bits per heavy atom. The van der Waals surface area contributed by atoms with Crippen LogP contribution >= 0.6 is 0 Å². The van der Waals surface area contributed by atoms with E-state index in [0.29, 0.717) is 19.6 Å². The number of amides is 1. The molecule has 1 unspecified atom stereocenters. The Kier molecular flexibility index (Phi) is 14.7. The lowest BCUT2D eigenvalue weighted by Gasteiger charge is -2.24. The Morgan fingerprint density at radius 3 is 1.79 bits per heavy atom. The highest BCUT2D eigenvalue weighted by Crippen LogP contribution is 2.29. The van der Waals surface area contributed by atoms with Crippen molar-refractivity contribution in [2.24, 2.45) is 0 Å². The first-order valence-corrected chi connectivity index (χ1v) is 11.6. The van der Waals surface area contributed by atoms with Gasteiger partial charge in [0.25, 0.3) is 6.48 Å². The van der Waals surface area contributed by atoms with E-state index in [9.17, 15) is 26.7 Å². The monoisotopic (exact) mass is 499 g/mol. The van der Waals surface area contributed by atoms with Gasteiger partial charge < -0.3 is 24.3 Å². The first-order chi connectivity index (χ1) is 16.3.